The number of hydrogen-bond acceptors (Lipinski definition) is 4. The topological polar surface area (TPSA) is 54.9 Å². The number of anilines is 1. The minimum absolute atomic E-state index is 0.204. The van der Waals surface area contributed by atoms with Gasteiger partial charge in [0, 0.05) is 6.08 Å². The Balaban J connectivity index is 1.96. The number of amides is 1. The third-order valence-electron chi connectivity index (χ3n) is 1.98. The molecule has 17 heavy (non-hydrogen) atoms. The Morgan fingerprint density at radius 1 is 1.29 bits per heavy atom. The van der Waals surface area contributed by atoms with Gasteiger partial charge in [0.05, 0.1) is 0 Å². The van der Waals surface area contributed by atoms with Crippen molar-refractivity contribution in [3.05, 3.63) is 47.0 Å². The van der Waals surface area contributed by atoms with Crippen molar-refractivity contribution in [2.75, 3.05) is 5.32 Å². The van der Waals surface area contributed by atoms with E-state index in [1.807, 2.05) is 37.3 Å². The van der Waals surface area contributed by atoms with E-state index in [0.29, 0.717) is 5.13 Å². The first kappa shape index (κ1) is 11.5. The molecule has 2 aromatic rings. The Morgan fingerprint density at radius 2 is 2.06 bits per heavy atom. The molecule has 0 saturated heterocycles. The average molecular weight is 245 g/mol. The standard InChI is InChI=1S/C12H11N3OS/c1-9-14-15-12(17-9)13-11(16)8-7-10-5-3-2-4-6-10/h2-8H,1H3,(H,13,15,16). The third kappa shape index (κ3) is 3.49. The van der Waals surface area contributed by atoms with Gasteiger partial charge >= 0.3 is 0 Å². The second-order valence-corrected chi connectivity index (χ2v) is 4.54. The van der Waals surface area contributed by atoms with Crippen molar-refractivity contribution in [2.24, 2.45) is 0 Å². The van der Waals surface area contributed by atoms with Crippen LogP contribution < -0.4 is 5.32 Å². The molecule has 0 aliphatic rings. The lowest BCUT2D eigenvalue weighted by atomic mass is 10.2. The van der Waals surface area contributed by atoms with Crippen LogP contribution in [0.3, 0.4) is 0 Å². The molecule has 0 bridgehead atoms. The molecule has 0 spiro atoms. The van der Waals surface area contributed by atoms with Gasteiger partial charge in [0.15, 0.2) is 0 Å². The van der Waals surface area contributed by atoms with Gasteiger partial charge in [-0.05, 0) is 18.6 Å². The molecule has 0 fully saturated rings. The Hall–Kier alpha value is -2.01. The van der Waals surface area contributed by atoms with Gasteiger partial charge in [0.25, 0.3) is 0 Å². The van der Waals surface area contributed by atoms with E-state index in [-0.39, 0.29) is 5.91 Å². The molecule has 1 amide bonds. The molecule has 0 atom stereocenters. The van der Waals surface area contributed by atoms with Crippen LogP contribution in [0.5, 0.6) is 0 Å². The van der Waals surface area contributed by atoms with Gasteiger partial charge < -0.3 is 0 Å². The van der Waals surface area contributed by atoms with Crippen molar-refractivity contribution in [3.63, 3.8) is 0 Å². The van der Waals surface area contributed by atoms with Crippen LogP contribution in [0.15, 0.2) is 36.4 Å². The van der Waals surface area contributed by atoms with Crippen molar-refractivity contribution >= 4 is 28.5 Å². The Bertz CT molecular complexity index is 534. The first-order valence-corrected chi connectivity index (χ1v) is 5.90. The average Bonchev–Trinajstić information content (AvgIpc) is 2.73. The molecule has 0 saturated carbocycles. The number of aromatic nitrogens is 2. The molecule has 86 valence electrons. The molecule has 2 rings (SSSR count). The summed E-state index contributed by atoms with van der Waals surface area (Å²) in [7, 11) is 0. The highest BCUT2D eigenvalue weighted by Crippen LogP contribution is 2.13. The summed E-state index contributed by atoms with van der Waals surface area (Å²) < 4.78 is 0. The van der Waals surface area contributed by atoms with E-state index in [9.17, 15) is 4.79 Å². The molecule has 4 nitrogen and oxygen atoms in total. The smallest absolute Gasteiger partial charge is 0.250 e. The highest BCUT2D eigenvalue weighted by atomic mass is 32.1. The number of carbonyl (C=O) groups is 1. The molecule has 1 aromatic heterocycles. The highest BCUT2D eigenvalue weighted by Gasteiger charge is 2.02. The summed E-state index contributed by atoms with van der Waals surface area (Å²) in [5.41, 5.74) is 0.982. The monoisotopic (exact) mass is 245 g/mol. The predicted molar refractivity (Wildman–Crippen MR) is 68.8 cm³/mol. The maximum atomic E-state index is 11.5. The van der Waals surface area contributed by atoms with E-state index in [1.54, 1.807) is 6.08 Å². The molecule has 1 N–H and O–H groups in total. The fraction of sp³-hybridized carbons (Fsp3) is 0.0833. The van der Waals surface area contributed by atoms with Crippen LogP contribution in [0.2, 0.25) is 0 Å². The van der Waals surface area contributed by atoms with Gasteiger partial charge in [-0.2, -0.15) is 0 Å². The van der Waals surface area contributed by atoms with E-state index in [1.165, 1.54) is 17.4 Å². The fourth-order valence-corrected chi connectivity index (χ4v) is 1.82. The van der Waals surface area contributed by atoms with Crippen LogP contribution in [0, 0.1) is 6.92 Å². The van der Waals surface area contributed by atoms with Crippen molar-refractivity contribution in [1.82, 2.24) is 10.2 Å². The number of hydrogen-bond donors (Lipinski definition) is 1. The minimum Gasteiger partial charge on any atom is -0.297 e. The SMILES string of the molecule is Cc1nnc(NC(=O)C=Cc2ccccc2)s1. The molecule has 5 heteroatoms. The lowest BCUT2D eigenvalue weighted by Crippen LogP contribution is -2.07. The number of nitrogens with zero attached hydrogens (tertiary/aromatic N) is 2. The fourth-order valence-electron chi connectivity index (χ4n) is 1.23. The van der Waals surface area contributed by atoms with Crippen LogP contribution in [0.25, 0.3) is 6.08 Å². The first-order valence-electron chi connectivity index (χ1n) is 5.08. The maximum absolute atomic E-state index is 11.5. The predicted octanol–water partition coefficient (Wildman–Crippen LogP) is 2.50. The number of nitrogens with one attached hydrogen (secondary N) is 1. The summed E-state index contributed by atoms with van der Waals surface area (Å²) in [6.45, 7) is 1.84. The van der Waals surface area contributed by atoms with Gasteiger partial charge in [0.1, 0.15) is 5.01 Å². The van der Waals surface area contributed by atoms with Gasteiger partial charge in [-0.1, -0.05) is 41.7 Å². The van der Waals surface area contributed by atoms with E-state index in [4.69, 9.17) is 0 Å². The van der Waals surface area contributed by atoms with Crippen LogP contribution in [-0.4, -0.2) is 16.1 Å². The molecule has 0 unspecified atom stereocenters. The zero-order valence-electron chi connectivity index (χ0n) is 9.25. The van der Waals surface area contributed by atoms with Crippen molar-refractivity contribution < 1.29 is 4.79 Å². The molecular weight excluding hydrogens is 234 g/mol. The normalized spacial score (nSPS) is 10.6. The Morgan fingerprint density at radius 3 is 2.71 bits per heavy atom. The number of carbonyl (C=O) groups excluding carboxylic acids is 1. The van der Waals surface area contributed by atoms with E-state index >= 15 is 0 Å². The number of benzene rings is 1. The number of aryl methyl sites for hydroxylation is 1. The summed E-state index contributed by atoms with van der Waals surface area (Å²) in [6, 6.07) is 9.64. The van der Waals surface area contributed by atoms with E-state index in [2.05, 4.69) is 15.5 Å². The quantitative estimate of drug-likeness (QED) is 0.845. The molecule has 0 aliphatic carbocycles. The first-order chi connectivity index (χ1) is 8.24. The van der Waals surface area contributed by atoms with E-state index in [0.717, 1.165) is 10.6 Å². The lowest BCUT2D eigenvalue weighted by Gasteiger charge is -1.94. The van der Waals surface area contributed by atoms with Crippen molar-refractivity contribution in [2.45, 2.75) is 6.92 Å². The summed E-state index contributed by atoms with van der Waals surface area (Å²) >= 11 is 1.35. The molecule has 0 radical (unpaired) electrons. The van der Waals surface area contributed by atoms with Crippen molar-refractivity contribution in [1.29, 1.82) is 0 Å². The Kier molecular flexibility index (Phi) is 3.62. The summed E-state index contributed by atoms with van der Waals surface area (Å²) in [5, 5.41) is 11.6. The van der Waals surface area contributed by atoms with Crippen LogP contribution in [0.1, 0.15) is 10.6 Å². The van der Waals surface area contributed by atoms with Gasteiger partial charge in [-0.25, -0.2) is 0 Å². The number of rotatable bonds is 3. The van der Waals surface area contributed by atoms with Crippen LogP contribution in [0.4, 0.5) is 5.13 Å². The maximum Gasteiger partial charge on any atom is 0.250 e. The van der Waals surface area contributed by atoms with Gasteiger partial charge in [-0.3, -0.25) is 10.1 Å². The van der Waals surface area contributed by atoms with Gasteiger partial charge in [-0.15, -0.1) is 10.2 Å². The van der Waals surface area contributed by atoms with Crippen LogP contribution in [-0.2, 0) is 4.79 Å². The molecule has 0 aliphatic heterocycles. The summed E-state index contributed by atoms with van der Waals surface area (Å²) in [4.78, 5) is 11.5. The highest BCUT2D eigenvalue weighted by molar-refractivity contribution is 7.15. The largest absolute Gasteiger partial charge is 0.297 e. The zero-order valence-corrected chi connectivity index (χ0v) is 10.1. The second kappa shape index (κ2) is 5.36. The lowest BCUT2D eigenvalue weighted by molar-refractivity contribution is -0.111. The molecular formula is C12H11N3OS. The summed E-state index contributed by atoms with van der Waals surface area (Å²) in [6.07, 6.45) is 3.23. The van der Waals surface area contributed by atoms with E-state index < -0.39 is 0 Å². The molecule has 1 aromatic carbocycles. The van der Waals surface area contributed by atoms with Crippen molar-refractivity contribution in [3.8, 4) is 0 Å². The molecule has 1 heterocycles. The van der Waals surface area contributed by atoms with Crippen LogP contribution >= 0.6 is 11.3 Å². The second-order valence-electron chi connectivity index (χ2n) is 3.36. The minimum atomic E-state index is -0.204. The summed E-state index contributed by atoms with van der Waals surface area (Å²) in [5.74, 6) is -0.204. The zero-order chi connectivity index (χ0) is 12.1. The Labute approximate surface area is 103 Å². The third-order valence-corrected chi connectivity index (χ3v) is 2.74. The van der Waals surface area contributed by atoms with Gasteiger partial charge in [0.2, 0.25) is 11.0 Å².